The summed E-state index contributed by atoms with van der Waals surface area (Å²) in [4.78, 5) is 0. The maximum atomic E-state index is 5.25. The Balaban J connectivity index is 4.79. The summed E-state index contributed by atoms with van der Waals surface area (Å²) in [5, 5.41) is 0. The molecule has 0 saturated carbocycles. The van der Waals surface area contributed by atoms with Crippen molar-refractivity contribution in [2.45, 2.75) is 34.6 Å². The summed E-state index contributed by atoms with van der Waals surface area (Å²) in [5.74, 6) is 0.838. The Morgan fingerprint density at radius 1 is 1.27 bits per heavy atom. The van der Waals surface area contributed by atoms with E-state index in [9.17, 15) is 0 Å². The van der Waals surface area contributed by atoms with Crippen molar-refractivity contribution < 1.29 is 4.74 Å². The molecular weight excluding hydrogens is 184 g/mol. The van der Waals surface area contributed by atoms with Gasteiger partial charge in [0.15, 0.2) is 0 Å². The van der Waals surface area contributed by atoms with E-state index in [0.717, 1.165) is 16.9 Å². The molecule has 0 radical (unpaired) electrons. The molecule has 1 heteroatoms. The number of hydrogen-bond donors (Lipinski definition) is 0. The molecule has 0 rings (SSSR count). The second-order valence-electron chi connectivity index (χ2n) is 4.88. The quantitative estimate of drug-likeness (QED) is 0.381. The summed E-state index contributed by atoms with van der Waals surface area (Å²) >= 11 is 0. The van der Waals surface area contributed by atoms with Gasteiger partial charge in [0.25, 0.3) is 0 Å². The van der Waals surface area contributed by atoms with E-state index in [1.807, 2.05) is 26.0 Å². The van der Waals surface area contributed by atoms with E-state index in [1.165, 1.54) is 0 Å². The lowest BCUT2D eigenvalue weighted by Gasteiger charge is -2.09. The van der Waals surface area contributed by atoms with Crippen LogP contribution in [0.15, 0.2) is 41.4 Å². The Morgan fingerprint density at radius 2 is 1.80 bits per heavy atom. The third-order valence-electron chi connectivity index (χ3n) is 1.72. The highest BCUT2D eigenvalue weighted by Crippen LogP contribution is 2.16. The van der Waals surface area contributed by atoms with E-state index in [1.54, 1.807) is 7.11 Å². The van der Waals surface area contributed by atoms with Crippen LogP contribution >= 0.6 is 0 Å². The normalized spacial score (nSPS) is 10.0. The molecule has 1 nitrogen and oxygen atoms in total. The molecule has 0 aromatic carbocycles. The van der Waals surface area contributed by atoms with E-state index >= 15 is 0 Å². The van der Waals surface area contributed by atoms with Crippen LogP contribution in [0.4, 0.5) is 0 Å². The fourth-order valence-corrected chi connectivity index (χ4v) is 1.11. The molecule has 0 spiro atoms. The highest BCUT2D eigenvalue weighted by molar-refractivity contribution is 5.35. The smallest absolute Gasteiger partial charge is 0.124 e. The monoisotopic (exact) mass is 206 g/mol. The zero-order valence-corrected chi connectivity index (χ0v) is 10.8. The van der Waals surface area contributed by atoms with Crippen molar-refractivity contribution in [1.82, 2.24) is 0 Å². The molecule has 0 saturated heterocycles. The van der Waals surface area contributed by atoms with Crippen LogP contribution in [0, 0.1) is 5.41 Å². The SMILES string of the molecule is C=C(C=C=CC(C)(C)C)C(OC)=C(C)C. The van der Waals surface area contributed by atoms with E-state index in [0.29, 0.717) is 0 Å². The van der Waals surface area contributed by atoms with Crippen LogP contribution in [0.1, 0.15) is 34.6 Å². The molecule has 0 aromatic rings. The molecule has 0 fully saturated rings. The van der Waals surface area contributed by atoms with E-state index in [2.05, 4.69) is 33.1 Å². The Hall–Kier alpha value is -1.20. The zero-order valence-electron chi connectivity index (χ0n) is 10.8. The molecule has 0 aliphatic carbocycles. The molecule has 0 aromatic heterocycles. The highest BCUT2D eigenvalue weighted by atomic mass is 16.5. The molecule has 0 unspecified atom stereocenters. The van der Waals surface area contributed by atoms with Gasteiger partial charge in [-0.1, -0.05) is 27.4 Å². The van der Waals surface area contributed by atoms with Crippen LogP contribution in [-0.2, 0) is 4.74 Å². The van der Waals surface area contributed by atoms with E-state index in [4.69, 9.17) is 4.74 Å². The second-order valence-corrected chi connectivity index (χ2v) is 4.88. The van der Waals surface area contributed by atoms with Gasteiger partial charge in [0.1, 0.15) is 5.76 Å². The maximum absolute atomic E-state index is 5.25. The standard InChI is InChI=1S/C14H22O/c1-11(2)13(15-7)12(3)9-8-10-14(4,5)6/h9-10H,3H2,1-2,4-7H3. The van der Waals surface area contributed by atoms with Crippen LogP contribution in [-0.4, -0.2) is 7.11 Å². The molecular formula is C14H22O. The first kappa shape index (κ1) is 13.8. The van der Waals surface area contributed by atoms with Crippen molar-refractivity contribution in [3.8, 4) is 0 Å². The van der Waals surface area contributed by atoms with Gasteiger partial charge in [-0.25, -0.2) is 0 Å². The topological polar surface area (TPSA) is 9.23 Å². The first-order valence-electron chi connectivity index (χ1n) is 5.12. The van der Waals surface area contributed by atoms with Crippen LogP contribution in [0.3, 0.4) is 0 Å². The summed E-state index contributed by atoms with van der Waals surface area (Å²) in [5.41, 5.74) is 5.26. The Bertz CT molecular complexity index is 314. The van der Waals surface area contributed by atoms with Gasteiger partial charge in [0, 0.05) is 5.57 Å². The van der Waals surface area contributed by atoms with Crippen molar-refractivity contribution in [1.29, 1.82) is 0 Å². The van der Waals surface area contributed by atoms with E-state index in [-0.39, 0.29) is 5.41 Å². The summed E-state index contributed by atoms with van der Waals surface area (Å²) in [6.45, 7) is 14.4. The highest BCUT2D eigenvalue weighted by Gasteiger charge is 2.03. The van der Waals surface area contributed by atoms with Crippen LogP contribution in [0.2, 0.25) is 0 Å². The predicted molar refractivity (Wildman–Crippen MR) is 66.6 cm³/mol. The van der Waals surface area contributed by atoms with Crippen molar-refractivity contribution >= 4 is 0 Å². The van der Waals surface area contributed by atoms with Gasteiger partial charge < -0.3 is 4.74 Å². The maximum Gasteiger partial charge on any atom is 0.124 e. The minimum atomic E-state index is 0.148. The number of allylic oxidation sites excluding steroid dienone is 2. The summed E-state index contributed by atoms with van der Waals surface area (Å²) in [6.07, 6.45) is 3.88. The van der Waals surface area contributed by atoms with Crippen LogP contribution < -0.4 is 0 Å². The van der Waals surface area contributed by atoms with Crippen LogP contribution in [0.25, 0.3) is 0 Å². The fraction of sp³-hybridized carbons (Fsp3) is 0.500. The lowest BCUT2D eigenvalue weighted by atomic mass is 9.97. The van der Waals surface area contributed by atoms with Crippen molar-refractivity contribution in [3.63, 3.8) is 0 Å². The van der Waals surface area contributed by atoms with Gasteiger partial charge in [-0.3, -0.25) is 0 Å². The number of hydrogen-bond acceptors (Lipinski definition) is 1. The summed E-state index contributed by atoms with van der Waals surface area (Å²) in [6, 6.07) is 0. The lowest BCUT2D eigenvalue weighted by Crippen LogP contribution is -1.97. The molecule has 0 aliphatic heterocycles. The van der Waals surface area contributed by atoms with Crippen molar-refractivity contribution in [2.75, 3.05) is 7.11 Å². The average molecular weight is 206 g/mol. The van der Waals surface area contributed by atoms with Gasteiger partial charge in [-0.05, 0) is 37.0 Å². The molecule has 0 bridgehead atoms. The van der Waals surface area contributed by atoms with Gasteiger partial charge in [0.2, 0.25) is 0 Å². The zero-order chi connectivity index (χ0) is 12.1. The predicted octanol–water partition coefficient (Wildman–Crippen LogP) is 4.24. The number of ether oxygens (including phenoxy) is 1. The van der Waals surface area contributed by atoms with Crippen molar-refractivity contribution in [3.05, 3.63) is 41.4 Å². The molecule has 84 valence electrons. The fourth-order valence-electron chi connectivity index (χ4n) is 1.11. The van der Waals surface area contributed by atoms with E-state index < -0.39 is 0 Å². The summed E-state index contributed by atoms with van der Waals surface area (Å²) < 4.78 is 5.25. The van der Waals surface area contributed by atoms with Crippen molar-refractivity contribution in [2.24, 2.45) is 5.41 Å². The molecule has 0 atom stereocenters. The molecule has 0 N–H and O–H groups in total. The van der Waals surface area contributed by atoms with Gasteiger partial charge >= 0.3 is 0 Å². The third kappa shape index (κ3) is 5.98. The Labute approximate surface area is 93.8 Å². The average Bonchev–Trinajstić information content (AvgIpc) is 2.01. The molecule has 0 amide bonds. The minimum Gasteiger partial charge on any atom is -0.496 e. The Kier molecular flexibility index (Phi) is 5.18. The third-order valence-corrected chi connectivity index (χ3v) is 1.72. The lowest BCUT2D eigenvalue weighted by molar-refractivity contribution is 0.298. The molecule has 15 heavy (non-hydrogen) atoms. The van der Waals surface area contributed by atoms with Gasteiger partial charge in [-0.2, -0.15) is 0 Å². The van der Waals surface area contributed by atoms with Crippen LogP contribution in [0.5, 0.6) is 0 Å². The second kappa shape index (κ2) is 5.63. The minimum absolute atomic E-state index is 0.148. The van der Waals surface area contributed by atoms with Gasteiger partial charge in [0.05, 0.1) is 7.11 Å². The largest absolute Gasteiger partial charge is 0.496 e. The molecule has 0 aliphatic rings. The van der Waals surface area contributed by atoms with Gasteiger partial charge in [-0.15, -0.1) is 5.73 Å². The number of rotatable bonds is 3. The molecule has 0 heterocycles. The first-order valence-corrected chi connectivity index (χ1v) is 5.12. The Morgan fingerprint density at radius 3 is 2.13 bits per heavy atom. The first-order chi connectivity index (χ1) is 6.78. The summed E-state index contributed by atoms with van der Waals surface area (Å²) in [7, 11) is 1.66. The number of methoxy groups -OCH3 is 1.